The zero-order valence-corrected chi connectivity index (χ0v) is 19.2. The van der Waals surface area contributed by atoms with E-state index in [1.807, 2.05) is 30.7 Å². The van der Waals surface area contributed by atoms with Gasteiger partial charge in [0.1, 0.15) is 11.7 Å². The number of hydrogen-bond donors (Lipinski definition) is 0. The second kappa shape index (κ2) is 7.42. The lowest BCUT2D eigenvalue weighted by atomic mass is 9.94. The third-order valence-corrected chi connectivity index (χ3v) is 8.17. The summed E-state index contributed by atoms with van der Waals surface area (Å²) in [7, 11) is 1.85. The molecule has 1 aliphatic rings. The van der Waals surface area contributed by atoms with Gasteiger partial charge in [0.05, 0.1) is 5.56 Å². The molecule has 0 atom stereocenters. The summed E-state index contributed by atoms with van der Waals surface area (Å²) in [6.45, 7) is -2.60. The van der Waals surface area contributed by atoms with Crippen LogP contribution in [0.3, 0.4) is 0 Å². The maximum Gasteiger partial charge on any atom is 0.230 e. The quantitative estimate of drug-likeness (QED) is 0.242. The van der Waals surface area contributed by atoms with Crippen LogP contribution in [0.5, 0.6) is 0 Å². The van der Waals surface area contributed by atoms with Crippen LogP contribution in [0.1, 0.15) is 63.4 Å². The van der Waals surface area contributed by atoms with Gasteiger partial charge in [0, 0.05) is 30.6 Å². The molecular weight excluding hydrogens is 406 g/mol. The molecule has 0 radical (unpaired) electrons. The number of aromatic nitrogens is 1. The van der Waals surface area contributed by atoms with Crippen LogP contribution in [0.15, 0.2) is 54.7 Å². The first-order chi connectivity index (χ1) is 18.3. The molecule has 2 aromatic heterocycles. The van der Waals surface area contributed by atoms with Crippen molar-refractivity contribution < 1.29 is 14.2 Å². The van der Waals surface area contributed by atoms with E-state index < -0.39 is 19.6 Å². The number of thiophene rings is 1. The molecule has 0 bridgehead atoms. The average Bonchev–Trinajstić information content (AvgIpc) is 3.47. The molecule has 2 heterocycles. The third-order valence-electron chi connectivity index (χ3n) is 6.93. The Morgan fingerprint density at radius 1 is 0.938 bits per heavy atom. The SMILES string of the molecule is [2H]C([2H])([2H])c1ccc(-c2c3sc4c5ccc(C6([2H])CCCC6)cc5ccc4c3c(C([2H])([2H])[2H])c[n+]2C)c(C)c1. The molecule has 0 aliphatic heterocycles. The van der Waals surface area contributed by atoms with Crippen molar-refractivity contribution >= 4 is 42.3 Å². The molecule has 0 saturated heterocycles. The second-order valence-electron chi connectivity index (χ2n) is 9.03. The zero-order chi connectivity index (χ0) is 27.9. The van der Waals surface area contributed by atoms with Crippen LogP contribution in [-0.2, 0) is 7.05 Å². The molecule has 1 fully saturated rings. The minimum absolute atomic E-state index is 0.286. The summed E-state index contributed by atoms with van der Waals surface area (Å²) in [6.07, 6.45) is 5.63. The molecule has 32 heavy (non-hydrogen) atoms. The van der Waals surface area contributed by atoms with Gasteiger partial charge < -0.3 is 0 Å². The molecule has 2 heteroatoms. The normalized spacial score (nSPS) is 19.9. The highest BCUT2D eigenvalue weighted by Crippen LogP contribution is 2.44. The van der Waals surface area contributed by atoms with Crippen LogP contribution in [0.2, 0.25) is 0 Å². The minimum atomic E-state index is -2.30. The van der Waals surface area contributed by atoms with Gasteiger partial charge in [-0.2, -0.15) is 4.57 Å². The topological polar surface area (TPSA) is 3.88 Å². The molecule has 0 N–H and O–H groups in total. The predicted octanol–water partition coefficient (Wildman–Crippen LogP) is 8.28. The van der Waals surface area contributed by atoms with Gasteiger partial charge in [0.25, 0.3) is 0 Å². The number of aryl methyl sites for hydroxylation is 4. The van der Waals surface area contributed by atoms with Crippen LogP contribution in [-0.4, -0.2) is 0 Å². The Morgan fingerprint density at radius 3 is 2.56 bits per heavy atom. The number of rotatable bonds is 2. The molecular formula is C30H30NS+. The van der Waals surface area contributed by atoms with Gasteiger partial charge in [0.2, 0.25) is 5.69 Å². The first-order valence-corrected chi connectivity index (χ1v) is 12.0. The van der Waals surface area contributed by atoms with Gasteiger partial charge in [-0.3, -0.25) is 0 Å². The lowest BCUT2D eigenvalue weighted by molar-refractivity contribution is -0.659. The monoisotopic (exact) mass is 443 g/mol. The molecule has 5 aromatic rings. The fourth-order valence-corrected chi connectivity index (χ4v) is 6.81. The molecule has 6 rings (SSSR count). The van der Waals surface area contributed by atoms with Gasteiger partial charge in [0.15, 0.2) is 6.20 Å². The molecule has 0 spiro atoms. The Morgan fingerprint density at radius 2 is 1.78 bits per heavy atom. The summed E-state index contributed by atoms with van der Waals surface area (Å²) in [4.78, 5) is 0. The number of hydrogen-bond acceptors (Lipinski definition) is 1. The van der Waals surface area contributed by atoms with Crippen LogP contribution < -0.4 is 4.57 Å². The van der Waals surface area contributed by atoms with E-state index in [1.165, 1.54) is 0 Å². The van der Waals surface area contributed by atoms with Crippen molar-refractivity contribution in [2.24, 2.45) is 7.05 Å². The molecule has 1 saturated carbocycles. The Balaban J connectivity index is 1.66. The van der Waals surface area contributed by atoms with Crippen LogP contribution in [0, 0.1) is 20.6 Å². The van der Waals surface area contributed by atoms with E-state index in [4.69, 9.17) is 9.60 Å². The first kappa shape index (κ1) is 13.7. The summed E-state index contributed by atoms with van der Waals surface area (Å²) in [5.41, 5.74) is 4.21. The fraction of sp³-hybridized carbons (Fsp3) is 0.300. The summed E-state index contributed by atoms with van der Waals surface area (Å²) < 4.78 is 61.1. The van der Waals surface area contributed by atoms with Crippen LogP contribution >= 0.6 is 11.3 Å². The van der Waals surface area contributed by atoms with E-state index in [2.05, 4.69) is 24.3 Å². The number of fused-ring (bicyclic) bond motifs is 5. The predicted molar refractivity (Wildman–Crippen MR) is 139 cm³/mol. The second-order valence-corrected chi connectivity index (χ2v) is 10.0. The Kier molecular flexibility index (Phi) is 3.19. The number of pyridine rings is 1. The van der Waals surface area contributed by atoms with E-state index >= 15 is 0 Å². The smallest absolute Gasteiger partial charge is 0.200 e. The van der Waals surface area contributed by atoms with E-state index in [-0.39, 0.29) is 5.56 Å². The summed E-state index contributed by atoms with van der Waals surface area (Å²) in [5, 5.41) is 3.74. The molecule has 3 aromatic carbocycles. The van der Waals surface area contributed by atoms with Crippen LogP contribution in [0.25, 0.3) is 42.2 Å². The summed E-state index contributed by atoms with van der Waals surface area (Å²) in [5.74, 6) is -0.531. The van der Waals surface area contributed by atoms with Crippen molar-refractivity contribution in [1.29, 1.82) is 0 Å². The Bertz CT molecular complexity index is 1770. The highest BCUT2D eigenvalue weighted by Gasteiger charge is 2.24. The first-order valence-electron chi connectivity index (χ1n) is 14.7. The zero-order valence-electron chi connectivity index (χ0n) is 25.4. The van der Waals surface area contributed by atoms with Gasteiger partial charge in [-0.25, -0.2) is 0 Å². The van der Waals surface area contributed by atoms with Crippen LogP contribution in [0.4, 0.5) is 0 Å². The van der Waals surface area contributed by atoms with Gasteiger partial charge in [-0.15, -0.1) is 11.3 Å². The van der Waals surface area contributed by atoms with Crippen molar-refractivity contribution in [2.45, 2.75) is 52.2 Å². The lowest BCUT2D eigenvalue weighted by Crippen LogP contribution is -2.31. The largest absolute Gasteiger partial charge is 0.230 e. The van der Waals surface area contributed by atoms with E-state index in [1.54, 1.807) is 29.7 Å². The van der Waals surface area contributed by atoms with E-state index in [9.17, 15) is 0 Å². The number of benzene rings is 3. The van der Waals surface area contributed by atoms with Gasteiger partial charge in [-0.05, 0) is 67.3 Å². The van der Waals surface area contributed by atoms with Gasteiger partial charge in [-0.1, -0.05) is 60.9 Å². The fourth-order valence-electron chi connectivity index (χ4n) is 5.35. The maximum atomic E-state index is 8.97. The molecule has 1 nitrogen and oxygen atoms in total. The summed E-state index contributed by atoms with van der Waals surface area (Å²) >= 11 is 1.58. The standard InChI is InChI=1S/C30H30NS/c1-18-9-12-24(19(2)15-18)28-30-27(20(3)17-31(28)4)26-14-11-23-16-22(21-7-5-6-8-21)10-13-25(23)29(26)32-30/h9-17,21H,5-8H2,1-4H3/q+1/i1D3,3D3,21D. The molecule has 160 valence electrons. The van der Waals surface area contributed by atoms with Crippen molar-refractivity contribution in [3.63, 3.8) is 0 Å². The highest BCUT2D eigenvalue weighted by atomic mass is 32.1. The van der Waals surface area contributed by atoms with Crippen molar-refractivity contribution in [2.75, 3.05) is 0 Å². The molecule has 0 unspecified atom stereocenters. The van der Waals surface area contributed by atoms with Crippen molar-refractivity contribution in [3.8, 4) is 11.3 Å². The molecule has 0 amide bonds. The minimum Gasteiger partial charge on any atom is -0.200 e. The average molecular weight is 444 g/mol. The Labute approximate surface area is 204 Å². The van der Waals surface area contributed by atoms with Gasteiger partial charge >= 0.3 is 0 Å². The Hall–Kier alpha value is -2.71. The highest BCUT2D eigenvalue weighted by molar-refractivity contribution is 7.27. The third kappa shape index (κ3) is 3.00. The lowest BCUT2D eigenvalue weighted by Gasteiger charge is -2.11. The number of nitrogens with zero attached hydrogens (tertiary/aromatic N) is 1. The van der Waals surface area contributed by atoms with E-state index in [0.29, 0.717) is 5.56 Å². The van der Waals surface area contributed by atoms with Crippen molar-refractivity contribution in [3.05, 3.63) is 77.0 Å². The van der Waals surface area contributed by atoms with Crippen molar-refractivity contribution in [1.82, 2.24) is 0 Å². The van der Waals surface area contributed by atoms with E-state index in [0.717, 1.165) is 79.0 Å². The summed E-state index contributed by atoms with van der Waals surface area (Å²) in [6, 6.07) is 15.6. The molecule has 1 aliphatic carbocycles. The maximum absolute atomic E-state index is 8.97.